The van der Waals surface area contributed by atoms with E-state index in [-0.39, 0.29) is 17.2 Å². The Morgan fingerprint density at radius 1 is 1.11 bits per heavy atom. The summed E-state index contributed by atoms with van der Waals surface area (Å²) >= 11 is 1.31. The second kappa shape index (κ2) is 7.59. The van der Waals surface area contributed by atoms with E-state index in [1.807, 2.05) is 5.38 Å². The Labute approximate surface area is 166 Å². The molecule has 0 saturated carbocycles. The molecule has 2 aromatic heterocycles. The number of sulfonamides is 1. The molecule has 148 valence electrons. The molecule has 0 bridgehead atoms. The van der Waals surface area contributed by atoms with Gasteiger partial charge in [-0.1, -0.05) is 6.07 Å². The molecule has 2 N–H and O–H groups in total. The smallest absolute Gasteiger partial charge is 0.240 e. The van der Waals surface area contributed by atoms with E-state index in [0.29, 0.717) is 29.6 Å². The number of nitrogens with one attached hydrogen (secondary N) is 1. The van der Waals surface area contributed by atoms with Gasteiger partial charge in [0.15, 0.2) is 17.1 Å². The lowest BCUT2D eigenvalue weighted by molar-refractivity contribution is 0.0655. The van der Waals surface area contributed by atoms with Gasteiger partial charge in [-0.15, -0.1) is 11.3 Å². The molecule has 3 aromatic rings. The Balaban J connectivity index is 1.60. The van der Waals surface area contributed by atoms with Crippen LogP contribution in [0.5, 0.6) is 11.5 Å². The fourth-order valence-corrected chi connectivity index (χ4v) is 4.82. The van der Waals surface area contributed by atoms with Crippen molar-refractivity contribution < 1.29 is 27.4 Å². The second-order valence-corrected chi connectivity index (χ2v) is 9.01. The van der Waals surface area contributed by atoms with E-state index in [4.69, 9.17) is 13.9 Å². The average molecular weight is 421 g/mol. The molecular formula is C19H19NO6S2. The molecule has 28 heavy (non-hydrogen) atoms. The number of hydrogen-bond acceptors (Lipinski definition) is 7. The zero-order valence-electron chi connectivity index (χ0n) is 14.8. The molecule has 0 amide bonds. The summed E-state index contributed by atoms with van der Waals surface area (Å²) in [5.74, 6) is 1.17. The van der Waals surface area contributed by atoms with Gasteiger partial charge in [0, 0.05) is 17.4 Å². The molecule has 3 heterocycles. The van der Waals surface area contributed by atoms with Crippen LogP contribution in [-0.4, -0.2) is 33.3 Å². The number of aliphatic hydroxyl groups is 1. The summed E-state index contributed by atoms with van der Waals surface area (Å²) in [6.45, 7) is 0.701. The van der Waals surface area contributed by atoms with Crippen LogP contribution < -0.4 is 14.2 Å². The Hall–Kier alpha value is -2.33. The van der Waals surface area contributed by atoms with E-state index in [0.717, 1.165) is 6.42 Å². The van der Waals surface area contributed by atoms with Gasteiger partial charge in [-0.3, -0.25) is 0 Å². The van der Waals surface area contributed by atoms with Gasteiger partial charge in [0.25, 0.3) is 0 Å². The first-order chi connectivity index (χ1) is 13.5. The number of benzene rings is 1. The zero-order valence-corrected chi connectivity index (χ0v) is 16.5. The molecule has 7 nitrogen and oxygen atoms in total. The lowest BCUT2D eigenvalue weighted by atomic mass is 9.99. The van der Waals surface area contributed by atoms with E-state index >= 15 is 0 Å². The number of fused-ring (bicyclic) bond motifs is 1. The number of rotatable bonds is 6. The van der Waals surface area contributed by atoms with Crippen LogP contribution in [0, 0.1) is 0 Å². The summed E-state index contributed by atoms with van der Waals surface area (Å²) in [5, 5.41) is 13.0. The Morgan fingerprint density at radius 3 is 2.64 bits per heavy atom. The van der Waals surface area contributed by atoms with E-state index in [2.05, 4.69) is 4.72 Å². The molecule has 1 atom stereocenters. The minimum absolute atomic E-state index is 0.0322. The van der Waals surface area contributed by atoms with Gasteiger partial charge in [0.2, 0.25) is 10.0 Å². The summed E-state index contributed by atoms with van der Waals surface area (Å²) in [7, 11) is -3.90. The van der Waals surface area contributed by atoms with Gasteiger partial charge in [-0.05, 0) is 35.7 Å². The van der Waals surface area contributed by atoms with Crippen LogP contribution in [0.3, 0.4) is 0 Å². The summed E-state index contributed by atoms with van der Waals surface area (Å²) in [5.41, 5.74) is -1.62. The van der Waals surface area contributed by atoms with Gasteiger partial charge in [0.1, 0.15) is 5.76 Å². The number of thiophene rings is 1. The van der Waals surface area contributed by atoms with Crippen molar-refractivity contribution in [1.82, 2.24) is 4.72 Å². The highest BCUT2D eigenvalue weighted by molar-refractivity contribution is 7.89. The van der Waals surface area contributed by atoms with Gasteiger partial charge >= 0.3 is 0 Å². The number of ether oxygens (including phenoxy) is 2. The van der Waals surface area contributed by atoms with E-state index < -0.39 is 15.6 Å². The second-order valence-electron chi connectivity index (χ2n) is 6.30. The van der Waals surface area contributed by atoms with Crippen LogP contribution >= 0.6 is 11.3 Å². The minimum Gasteiger partial charge on any atom is -0.490 e. The summed E-state index contributed by atoms with van der Waals surface area (Å²) in [6.07, 6.45) is 2.16. The lowest BCUT2D eigenvalue weighted by Crippen LogP contribution is -2.40. The van der Waals surface area contributed by atoms with E-state index in [1.165, 1.54) is 29.7 Å². The first-order valence-corrected chi connectivity index (χ1v) is 11.0. The Bertz CT molecular complexity index is 994. The van der Waals surface area contributed by atoms with Gasteiger partial charge in [0.05, 0.1) is 30.9 Å². The maximum Gasteiger partial charge on any atom is 0.240 e. The molecule has 4 rings (SSSR count). The van der Waals surface area contributed by atoms with Crippen molar-refractivity contribution in [2.75, 3.05) is 19.8 Å². The van der Waals surface area contributed by atoms with Crippen LogP contribution in [0.4, 0.5) is 0 Å². The quantitative estimate of drug-likeness (QED) is 0.635. The van der Waals surface area contributed by atoms with Crippen molar-refractivity contribution in [3.05, 3.63) is 64.7 Å². The molecule has 0 spiro atoms. The maximum absolute atomic E-state index is 12.8. The lowest BCUT2D eigenvalue weighted by Gasteiger charge is -2.25. The third kappa shape index (κ3) is 3.66. The highest BCUT2D eigenvalue weighted by atomic mass is 32.2. The van der Waals surface area contributed by atoms with Crippen molar-refractivity contribution in [3.63, 3.8) is 0 Å². The van der Waals surface area contributed by atoms with Crippen molar-refractivity contribution in [2.45, 2.75) is 16.9 Å². The standard InChI is InChI=1S/C19H19NO6S2/c21-19(17-4-1-8-26-17,18-5-2-11-27-18)13-20-28(22,23)14-6-7-15-16(12-14)25-10-3-9-24-15/h1-2,4-8,11-12,20-21H,3,9-10,13H2. The first-order valence-electron chi connectivity index (χ1n) is 8.69. The van der Waals surface area contributed by atoms with Gasteiger partial charge < -0.3 is 19.0 Å². The van der Waals surface area contributed by atoms with Crippen molar-refractivity contribution in [3.8, 4) is 11.5 Å². The van der Waals surface area contributed by atoms with E-state index in [9.17, 15) is 13.5 Å². The van der Waals surface area contributed by atoms with Crippen molar-refractivity contribution in [2.24, 2.45) is 0 Å². The third-order valence-corrected chi connectivity index (χ3v) is 6.82. The van der Waals surface area contributed by atoms with Crippen LogP contribution in [0.15, 0.2) is 63.4 Å². The molecular weight excluding hydrogens is 402 g/mol. The molecule has 1 aromatic carbocycles. The van der Waals surface area contributed by atoms with Crippen LogP contribution in [0.2, 0.25) is 0 Å². The van der Waals surface area contributed by atoms with E-state index in [1.54, 1.807) is 30.3 Å². The summed E-state index contributed by atoms with van der Waals surface area (Å²) in [6, 6.07) is 11.2. The highest BCUT2D eigenvalue weighted by Crippen LogP contribution is 2.34. The predicted molar refractivity (Wildman–Crippen MR) is 103 cm³/mol. The molecule has 0 fully saturated rings. The predicted octanol–water partition coefficient (Wildman–Crippen LogP) is 2.72. The summed E-state index contributed by atoms with van der Waals surface area (Å²) in [4.78, 5) is 0.605. The average Bonchev–Trinajstić information content (AvgIpc) is 3.37. The monoisotopic (exact) mass is 421 g/mol. The zero-order chi connectivity index (χ0) is 19.6. The van der Waals surface area contributed by atoms with Crippen LogP contribution in [-0.2, 0) is 15.6 Å². The minimum atomic E-state index is -3.90. The maximum atomic E-state index is 12.8. The molecule has 0 aliphatic carbocycles. The fourth-order valence-electron chi connectivity index (χ4n) is 2.92. The van der Waals surface area contributed by atoms with Crippen molar-refractivity contribution in [1.29, 1.82) is 0 Å². The van der Waals surface area contributed by atoms with Gasteiger partial charge in [-0.25, -0.2) is 13.1 Å². The highest BCUT2D eigenvalue weighted by Gasteiger charge is 2.37. The fraction of sp³-hybridized carbons (Fsp3) is 0.263. The third-order valence-electron chi connectivity index (χ3n) is 4.40. The Morgan fingerprint density at radius 2 is 1.93 bits per heavy atom. The summed E-state index contributed by atoms with van der Waals surface area (Å²) < 4.78 is 44.6. The molecule has 9 heteroatoms. The molecule has 0 saturated heterocycles. The molecule has 1 unspecified atom stereocenters. The SMILES string of the molecule is O=S(=O)(NCC(O)(c1ccco1)c1cccs1)c1ccc2c(c1)OCCCO2. The number of hydrogen-bond donors (Lipinski definition) is 2. The molecule has 1 aliphatic heterocycles. The molecule has 0 radical (unpaired) electrons. The largest absolute Gasteiger partial charge is 0.490 e. The van der Waals surface area contributed by atoms with Gasteiger partial charge in [-0.2, -0.15) is 0 Å². The van der Waals surface area contributed by atoms with Crippen molar-refractivity contribution >= 4 is 21.4 Å². The Kier molecular flexibility index (Phi) is 5.15. The normalized spacial score (nSPS) is 16.3. The number of furan rings is 1. The van der Waals surface area contributed by atoms with Crippen LogP contribution in [0.1, 0.15) is 17.1 Å². The molecule has 1 aliphatic rings. The van der Waals surface area contributed by atoms with Crippen LogP contribution in [0.25, 0.3) is 0 Å². The first kappa shape index (κ1) is 19.0. The topological polar surface area (TPSA) is 98.0 Å².